The van der Waals surface area contributed by atoms with Crippen LogP contribution in [0, 0.1) is 5.92 Å². The number of aromatic carboxylic acids is 1. The largest absolute Gasteiger partial charge is 0.477 e. The maximum Gasteiger partial charge on any atom is 0.354 e. The molecule has 1 aromatic rings. The number of carbonyl (C=O) groups is 1. The summed E-state index contributed by atoms with van der Waals surface area (Å²) >= 11 is 0. The van der Waals surface area contributed by atoms with E-state index in [0.717, 1.165) is 18.7 Å². The molecule has 0 radical (unpaired) electrons. The van der Waals surface area contributed by atoms with Crippen molar-refractivity contribution in [3.63, 3.8) is 0 Å². The molecule has 0 aliphatic heterocycles. The zero-order valence-corrected chi connectivity index (χ0v) is 11.6. The number of hydrogen-bond donors (Lipinski definition) is 1. The zero-order valence-electron chi connectivity index (χ0n) is 11.6. The summed E-state index contributed by atoms with van der Waals surface area (Å²) in [4.78, 5) is 17.0. The number of hydrogen-bond acceptors (Lipinski definition) is 3. The molecule has 0 aromatic carbocycles. The first-order valence-corrected chi connectivity index (χ1v) is 6.32. The highest BCUT2D eigenvalue weighted by molar-refractivity contribution is 5.85. The summed E-state index contributed by atoms with van der Waals surface area (Å²) in [5, 5.41) is 8.92. The van der Waals surface area contributed by atoms with Gasteiger partial charge < -0.3 is 5.11 Å². The number of pyridine rings is 1. The van der Waals surface area contributed by atoms with Crippen molar-refractivity contribution >= 4 is 5.97 Å². The molecule has 4 nitrogen and oxygen atoms in total. The van der Waals surface area contributed by atoms with Crippen LogP contribution in [0.3, 0.4) is 0 Å². The Labute approximate surface area is 109 Å². The van der Waals surface area contributed by atoms with E-state index in [-0.39, 0.29) is 5.69 Å². The Kier molecular flexibility index (Phi) is 5.28. The van der Waals surface area contributed by atoms with Crippen LogP contribution in [0.5, 0.6) is 0 Å². The minimum atomic E-state index is -0.975. The predicted molar refractivity (Wildman–Crippen MR) is 71.6 cm³/mol. The Hall–Kier alpha value is -1.42. The van der Waals surface area contributed by atoms with Gasteiger partial charge in [-0.05, 0) is 37.5 Å². The molecule has 1 aromatic heterocycles. The number of aromatic nitrogens is 1. The molecule has 0 saturated heterocycles. The molecule has 1 heterocycles. The van der Waals surface area contributed by atoms with Crippen molar-refractivity contribution in [2.45, 2.75) is 40.3 Å². The Morgan fingerprint density at radius 3 is 2.56 bits per heavy atom. The van der Waals surface area contributed by atoms with Gasteiger partial charge in [0.1, 0.15) is 5.69 Å². The Balaban J connectivity index is 2.80. The number of carboxylic acids is 1. The lowest BCUT2D eigenvalue weighted by Gasteiger charge is -2.28. The Morgan fingerprint density at radius 2 is 2.06 bits per heavy atom. The van der Waals surface area contributed by atoms with Gasteiger partial charge in [0, 0.05) is 25.3 Å². The molecule has 0 saturated carbocycles. The summed E-state index contributed by atoms with van der Waals surface area (Å²) < 4.78 is 0. The van der Waals surface area contributed by atoms with E-state index in [1.54, 1.807) is 12.3 Å². The van der Waals surface area contributed by atoms with Crippen molar-refractivity contribution in [2.24, 2.45) is 5.92 Å². The van der Waals surface area contributed by atoms with Crippen molar-refractivity contribution in [1.29, 1.82) is 0 Å². The van der Waals surface area contributed by atoms with Gasteiger partial charge in [-0.25, -0.2) is 9.78 Å². The standard InChI is InChI=1S/C14H22N2O2/c1-10(2)8-16(11(3)4)9-12-5-6-15-13(7-12)14(17)18/h5-7,10-11H,8-9H2,1-4H3,(H,17,18). The van der Waals surface area contributed by atoms with Gasteiger partial charge in [0.05, 0.1) is 0 Å². The molecular weight excluding hydrogens is 228 g/mol. The normalized spacial score (nSPS) is 11.5. The van der Waals surface area contributed by atoms with Crippen molar-refractivity contribution in [3.05, 3.63) is 29.6 Å². The molecule has 0 bridgehead atoms. The second-order valence-corrected chi connectivity index (χ2v) is 5.27. The fourth-order valence-corrected chi connectivity index (χ4v) is 1.85. The lowest BCUT2D eigenvalue weighted by Crippen LogP contribution is -2.33. The maximum absolute atomic E-state index is 10.9. The first-order valence-electron chi connectivity index (χ1n) is 6.32. The summed E-state index contributed by atoms with van der Waals surface area (Å²) in [6, 6.07) is 3.97. The lowest BCUT2D eigenvalue weighted by atomic mass is 10.1. The SMILES string of the molecule is CC(C)CN(Cc1ccnc(C(=O)O)c1)C(C)C. The van der Waals surface area contributed by atoms with E-state index >= 15 is 0 Å². The minimum absolute atomic E-state index is 0.112. The van der Waals surface area contributed by atoms with Crippen molar-refractivity contribution in [1.82, 2.24) is 9.88 Å². The second-order valence-electron chi connectivity index (χ2n) is 5.27. The topological polar surface area (TPSA) is 53.4 Å². The third kappa shape index (κ3) is 4.45. The number of carboxylic acid groups (broad SMARTS) is 1. The van der Waals surface area contributed by atoms with Crippen molar-refractivity contribution in [2.75, 3.05) is 6.54 Å². The van der Waals surface area contributed by atoms with Gasteiger partial charge >= 0.3 is 5.97 Å². The molecule has 0 aliphatic carbocycles. The Morgan fingerprint density at radius 1 is 1.39 bits per heavy atom. The van der Waals surface area contributed by atoms with Crippen LogP contribution in [-0.2, 0) is 6.54 Å². The van der Waals surface area contributed by atoms with Crippen LogP contribution in [0.1, 0.15) is 43.7 Å². The number of rotatable bonds is 6. The van der Waals surface area contributed by atoms with E-state index in [9.17, 15) is 4.79 Å². The van der Waals surface area contributed by atoms with Crippen LogP contribution in [0.2, 0.25) is 0 Å². The van der Waals surface area contributed by atoms with Crippen LogP contribution in [0.4, 0.5) is 0 Å². The van der Waals surface area contributed by atoms with Crippen molar-refractivity contribution < 1.29 is 9.90 Å². The van der Waals surface area contributed by atoms with Crippen LogP contribution < -0.4 is 0 Å². The molecule has 4 heteroatoms. The summed E-state index contributed by atoms with van der Waals surface area (Å²) in [5.41, 5.74) is 1.11. The molecule has 100 valence electrons. The van der Waals surface area contributed by atoms with Gasteiger partial charge in [-0.2, -0.15) is 0 Å². The summed E-state index contributed by atoms with van der Waals surface area (Å²) in [5.74, 6) is -0.384. The molecular formula is C14H22N2O2. The molecule has 18 heavy (non-hydrogen) atoms. The van der Waals surface area contributed by atoms with Crippen molar-refractivity contribution in [3.8, 4) is 0 Å². The molecule has 0 amide bonds. The van der Waals surface area contributed by atoms with E-state index in [4.69, 9.17) is 5.11 Å². The van der Waals surface area contributed by atoms with Gasteiger partial charge in [-0.1, -0.05) is 13.8 Å². The molecule has 1 N–H and O–H groups in total. The summed E-state index contributed by atoms with van der Waals surface area (Å²) in [6.07, 6.45) is 1.56. The number of nitrogens with zero attached hydrogens (tertiary/aromatic N) is 2. The molecule has 0 unspecified atom stereocenters. The first-order chi connectivity index (χ1) is 8.40. The quantitative estimate of drug-likeness (QED) is 0.843. The van der Waals surface area contributed by atoms with Crippen LogP contribution >= 0.6 is 0 Å². The molecule has 0 fully saturated rings. The third-order valence-electron chi connectivity index (χ3n) is 2.76. The minimum Gasteiger partial charge on any atom is -0.477 e. The molecule has 0 atom stereocenters. The summed E-state index contributed by atoms with van der Waals surface area (Å²) in [7, 11) is 0. The fraction of sp³-hybridized carbons (Fsp3) is 0.571. The predicted octanol–water partition coefficient (Wildman–Crippen LogP) is 2.65. The van der Waals surface area contributed by atoms with E-state index < -0.39 is 5.97 Å². The lowest BCUT2D eigenvalue weighted by molar-refractivity contribution is 0.0690. The van der Waals surface area contributed by atoms with E-state index in [1.807, 2.05) is 6.07 Å². The fourth-order valence-electron chi connectivity index (χ4n) is 1.85. The molecule has 0 aliphatic rings. The van der Waals surface area contributed by atoms with E-state index in [1.165, 1.54) is 0 Å². The zero-order chi connectivity index (χ0) is 13.7. The average molecular weight is 250 g/mol. The van der Waals surface area contributed by atoms with E-state index in [2.05, 4.69) is 37.6 Å². The average Bonchev–Trinajstić information content (AvgIpc) is 2.27. The smallest absolute Gasteiger partial charge is 0.354 e. The van der Waals surface area contributed by atoms with Gasteiger partial charge in [-0.3, -0.25) is 4.90 Å². The maximum atomic E-state index is 10.9. The van der Waals surface area contributed by atoms with Crippen LogP contribution in [-0.4, -0.2) is 33.5 Å². The van der Waals surface area contributed by atoms with Gasteiger partial charge in [0.2, 0.25) is 0 Å². The summed E-state index contributed by atoms with van der Waals surface area (Å²) in [6.45, 7) is 10.4. The van der Waals surface area contributed by atoms with Crippen LogP contribution in [0.15, 0.2) is 18.3 Å². The van der Waals surface area contributed by atoms with Gasteiger partial charge in [0.15, 0.2) is 0 Å². The monoisotopic (exact) mass is 250 g/mol. The molecule has 0 spiro atoms. The third-order valence-corrected chi connectivity index (χ3v) is 2.76. The molecule has 1 rings (SSSR count). The van der Waals surface area contributed by atoms with Gasteiger partial charge in [-0.15, -0.1) is 0 Å². The van der Waals surface area contributed by atoms with Crippen LogP contribution in [0.25, 0.3) is 0 Å². The highest BCUT2D eigenvalue weighted by Gasteiger charge is 2.13. The van der Waals surface area contributed by atoms with Gasteiger partial charge in [0.25, 0.3) is 0 Å². The first kappa shape index (κ1) is 14.6. The second kappa shape index (κ2) is 6.50. The van der Waals surface area contributed by atoms with E-state index in [0.29, 0.717) is 12.0 Å². The highest BCUT2D eigenvalue weighted by Crippen LogP contribution is 2.11. The highest BCUT2D eigenvalue weighted by atomic mass is 16.4. The Bertz CT molecular complexity index is 403.